The number of benzene rings is 7. The monoisotopic (exact) mass is 630 g/mol. The van der Waals surface area contributed by atoms with Crippen molar-refractivity contribution in [3.63, 3.8) is 0 Å². The van der Waals surface area contributed by atoms with E-state index in [1.807, 2.05) is 18.2 Å². The fourth-order valence-electron chi connectivity index (χ4n) is 7.00. The van der Waals surface area contributed by atoms with Gasteiger partial charge in [0.1, 0.15) is 0 Å². The van der Waals surface area contributed by atoms with E-state index in [1.54, 1.807) is 11.3 Å². The zero-order chi connectivity index (χ0) is 31.6. The molecule has 0 fully saturated rings. The minimum atomic E-state index is 0.642. The number of thiophene rings is 1. The van der Waals surface area contributed by atoms with Gasteiger partial charge in [-0.1, -0.05) is 121 Å². The lowest BCUT2D eigenvalue weighted by molar-refractivity contribution is 1.07. The lowest BCUT2D eigenvalue weighted by atomic mass is 10.0. The smallest absolute Gasteiger partial charge is 0.164 e. The molecule has 0 atom stereocenters. The van der Waals surface area contributed by atoms with Crippen LogP contribution in [0.2, 0.25) is 0 Å². The Morgan fingerprint density at radius 1 is 0.375 bits per heavy atom. The summed E-state index contributed by atoms with van der Waals surface area (Å²) in [6.45, 7) is 0. The molecule has 10 rings (SSSR count). The summed E-state index contributed by atoms with van der Waals surface area (Å²) in [5.74, 6) is 1.95. The average Bonchev–Trinajstić information content (AvgIpc) is 3.70. The Kier molecular flexibility index (Phi) is 6.01. The van der Waals surface area contributed by atoms with Crippen molar-refractivity contribution < 1.29 is 0 Å². The van der Waals surface area contributed by atoms with Crippen LogP contribution in [0, 0.1) is 0 Å². The fourth-order valence-corrected chi connectivity index (χ4v) is 8.15. The van der Waals surface area contributed by atoms with Crippen molar-refractivity contribution in [3.05, 3.63) is 158 Å². The molecule has 3 heterocycles. The van der Waals surface area contributed by atoms with Crippen LogP contribution in [0.3, 0.4) is 0 Å². The Labute approximate surface area is 280 Å². The summed E-state index contributed by atoms with van der Waals surface area (Å²) < 4.78 is 4.88. The van der Waals surface area contributed by atoms with E-state index < -0.39 is 0 Å². The minimum Gasteiger partial charge on any atom is -0.309 e. The molecule has 4 nitrogen and oxygen atoms in total. The summed E-state index contributed by atoms with van der Waals surface area (Å²) in [7, 11) is 0. The molecule has 10 aromatic rings. The molecule has 0 amide bonds. The molecule has 0 unspecified atom stereocenters. The highest BCUT2D eigenvalue weighted by Gasteiger charge is 2.18. The van der Waals surface area contributed by atoms with E-state index in [2.05, 4.69) is 144 Å². The van der Waals surface area contributed by atoms with Gasteiger partial charge in [0.25, 0.3) is 0 Å². The Balaban J connectivity index is 1.23. The van der Waals surface area contributed by atoms with Crippen LogP contribution in [0.4, 0.5) is 0 Å². The van der Waals surface area contributed by atoms with E-state index >= 15 is 0 Å². The standard InChI is InChI=1S/C43H26N4S/c1-2-12-27(13-3-1)41-44-42(29-22-23-35-34-18-8-11-21-39(34)48-40(35)26-29)46-43(45-41)30-24-28-14-4-5-15-31(28)38(25-30)47-36-19-9-6-16-32(36)33-17-7-10-20-37(33)47/h1-26H. The molecule has 0 N–H and O–H groups in total. The highest BCUT2D eigenvalue weighted by molar-refractivity contribution is 7.25. The Hall–Kier alpha value is -6.17. The number of hydrogen-bond acceptors (Lipinski definition) is 4. The summed E-state index contributed by atoms with van der Waals surface area (Å²) in [6, 6.07) is 55.6. The zero-order valence-corrected chi connectivity index (χ0v) is 26.5. The molecule has 48 heavy (non-hydrogen) atoms. The van der Waals surface area contributed by atoms with Gasteiger partial charge in [-0.15, -0.1) is 11.3 Å². The van der Waals surface area contributed by atoms with E-state index in [4.69, 9.17) is 15.0 Å². The minimum absolute atomic E-state index is 0.642. The maximum absolute atomic E-state index is 5.19. The van der Waals surface area contributed by atoms with Crippen LogP contribution in [0.5, 0.6) is 0 Å². The average molecular weight is 631 g/mol. The largest absolute Gasteiger partial charge is 0.309 e. The maximum Gasteiger partial charge on any atom is 0.164 e. The lowest BCUT2D eigenvalue weighted by Gasteiger charge is -2.15. The quantitative estimate of drug-likeness (QED) is 0.194. The Morgan fingerprint density at radius 3 is 1.69 bits per heavy atom. The normalized spacial score (nSPS) is 11.8. The SMILES string of the molecule is c1ccc(-c2nc(-c3cc(-n4c5ccccc5c5ccccc54)c4ccccc4c3)nc(-c3ccc4c(c3)sc3ccccc34)n2)cc1. The van der Waals surface area contributed by atoms with E-state index in [1.165, 1.54) is 47.4 Å². The van der Waals surface area contributed by atoms with Gasteiger partial charge in [0.15, 0.2) is 17.5 Å². The van der Waals surface area contributed by atoms with Crippen molar-refractivity contribution in [2.45, 2.75) is 0 Å². The van der Waals surface area contributed by atoms with Crippen molar-refractivity contribution >= 4 is 64.1 Å². The van der Waals surface area contributed by atoms with Crippen LogP contribution in [0.25, 0.3) is 92.6 Å². The molecular weight excluding hydrogens is 605 g/mol. The topological polar surface area (TPSA) is 43.6 Å². The summed E-state index contributed by atoms with van der Waals surface area (Å²) in [5.41, 5.74) is 6.29. The molecule has 0 bridgehead atoms. The Bertz CT molecular complexity index is 2800. The van der Waals surface area contributed by atoms with Gasteiger partial charge in [-0.3, -0.25) is 0 Å². The van der Waals surface area contributed by atoms with Crippen molar-refractivity contribution in [1.29, 1.82) is 0 Å². The van der Waals surface area contributed by atoms with Crippen molar-refractivity contribution in [2.24, 2.45) is 0 Å². The van der Waals surface area contributed by atoms with Gasteiger partial charge in [0.2, 0.25) is 0 Å². The second-order valence-corrected chi connectivity index (χ2v) is 13.2. The van der Waals surface area contributed by atoms with E-state index in [0.717, 1.165) is 27.8 Å². The van der Waals surface area contributed by atoms with Crippen molar-refractivity contribution in [3.8, 4) is 39.9 Å². The maximum atomic E-state index is 5.19. The van der Waals surface area contributed by atoms with Gasteiger partial charge in [0.05, 0.1) is 16.7 Å². The molecule has 7 aromatic carbocycles. The molecule has 0 aliphatic heterocycles. The molecule has 0 spiro atoms. The van der Waals surface area contributed by atoms with Gasteiger partial charge in [-0.2, -0.15) is 0 Å². The molecule has 0 aliphatic carbocycles. The summed E-state index contributed by atoms with van der Waals surface area (Å²) >= 11 is 1.80. The second-order valence-electron chi connectivity index (χ2n) is 12.1. The van der Waals surface area contributed by atoms with Gasteiger partial charge in [-0.05, 0) is 41.8 Å². The highest BCUT2D eigenvalue weighted by atomic mass is 32.1. The van der Waals surface area contributed by atoms with Gasteiger partial charge < -0.3 is 4.57 Å². The van der Waals surface area contributed by atoms with Crippen LogP contribution >= 0.6 is 11.3 Å². The van der Waals surface area contributed by atoms with E-state index in [0.29, 0.717) is 17.5 Å². The van der Waals surface area contributed by atoms with E-state index in [9.17, 15) is 0 Å². The number of para-hydroxylation sites is 2. The number of fused-ring (bicyclic) bond motifs is 7. The van der Waals surface area contributed by atoms with Crippen molar-refractivity contribution in [2.75, 3.05) is 0 Å². The first kappa shape index (κ1) is 27.0. The summed E-state index contributed by atoms with van der Waals surface area (Å²) in [4.78, 5) is 15.4. The predicted molar refractivity (Wildman–Crippen MR) is 201 cm³/mol. The first-order valence-electron chi connectivity index (χ1n) is 16.0. The molecule has 5 heteroatoms. The van der Waals surface area contributed by atoms with Crippen molar-refractivity contribution in [1.82, 2.24) is 19.5 Å². The van der Waals surface area contributed by atoms with Crippen LogP contribution in [0.15, 0.2) is 158 Å². The van der Waals surface area contributed by atoms with Crippen LogP contribution < -0.4 is 0 Å². The molecule has 0 saturated heterocycles. The van der Waals surface area contributed by atoms with E-state index in [-0.39, 0.29) is 0 Å². The molecule has 224 valence electrons. The number of aromatic nitrogens is 4. The summed E-state index contributed by atoms with van der Waals surface area (Å²) in [5, 5.41) is 7.28. The third-order valence-corrected chi connectivity index (χ3v) is 10.4. The zero-order valence-electron chi connectivity index (χ0n) is 25.7. The highest BCUT2D eigenvalue weighted by Crippen LogP contribution is 2.39. The first-order chi connectivity index (χ1) is 23.8. The molecule has 0 aliphatic rings. The second kappa shape index (κ2) is 10.7. The number of rotatable bonds is 4. The van der Waals surface area contributed by atoms with Crippen LogP contribution in [-0.4, -0.2) is 19.5 Å². The van der Waals surface area contributed by atoms with Crippen LogP contribution in [0.1, 0.15) is 0 Å². The number of hydrogen-bond donors (Lipinski definition) is 0. The first-order valence-corrected chi connectivity index (χ1v) is 16.9. The summed E-state index contributed by atoms with van der Waals surface area (Å²) in [6.07, 6.45) is 0. The number of nitrogens with zero attached hydrogens (tertiary/aromatic N) is 4. The third-order valence-electron chi connectivity index (χ3n) is 9.22. The van der Waals surface area contributed by atoms with Crippen LogP contribution in [-0.2, 0) is 0 Å². The van der Waals surface area contributed by atoms with Gasteiger partial charge >= 0.3 is 0 Å². The lowest BCUT2D eigenvalue weighted by Crippen LogP contribution is -2.01. The fraction of sp³-hybridized carbons (Fsp3) is 0. The molecule has 0 saturated carbocycles. The predicted octanol–water partition coefficient (Wildman–Crippen LogP) is 11.5. The molecular formula is C43H26N4S. The molecule has 0 radical (unpaired) electrons. The van der Waals surface area contributed by atoms with Gasteiger partial charge in [0, 0.05) is 53.0 Å². The van der Waals surface area contributed by atoms with Gasteiger partial charge in [-0.25, -0.2) is 15.0 Å². The molecule has 3 aromatic heterocycles. The third kappa shape index (κ3) is 4.25. The Morgan fingerprint density at radius 2 is 0.938 bits per heavy atom.